The van der Waals surface area contributed by atoms with Crippen molar-refractivity contribution in [2.75, 3.05) is 19.8 Å². The van der Waals surface area contributed by atoms with E-state index >= 15 is 0 Å². The van der Waals surface area contributed by atoms with Gasteiger partial charge < -0.3 is 33.2 Å². The molecule has 0 aromatic rings. The molecule has 11 atom stereocenters. The van der Waals surface area contributed by atoms with Crippen LogP contribution < -0.4 is 0 Å². The summed E-state index contributed by atoms with van der Waals surface area (Å²) in [5.74, 6) is -0.714. The molecule has 250 valence electrons. The fourth-order valence-electron chi connectivity index (χ4n) is 10.7. The number of ether oxygens (including phenoxy) is 7. The Morgan fingerprint density at radius 3 is 2.43 bits per heavy atom. The third-order valence-corrected chi connectivity index (χ3v) is 12.9. The van der Waals surface area contributed by atoms with Crippen molar-refractivity contribution < 1.29 is 42.7 Å². The van der Waals surface area contributed by atoms with E-state index in [0.29, 0.717) is 37.9 Å². The molecule has 0 aromatic carbocycles. The summed E-state index contributed by atoms with van der Waals surface area (Å²) in [5.41, 5.74) is -0.689. The van der Waals surface area contributed by atoms with Crippen LogP contribution >= 0.6 is 0 Å². The molecule has 9 nitrogen and oxygen atoms in total. The van der Waals surface area contributed by atoms with Gasteiger partial charge in [-0.1, -0.05) is 44.6 Å². The second kappa shape index (κ2) is 10.6. The Balaban J connectivity index is 1.20. The van der Waals surface area contributed by atoms with Gasteiger partial charge >= 0.3 is 11.9 Å². The van der Waals surface area contributed by atoms with Crippen molar-refractivity contribution in [1.82, 2.24) is 0 Å². The van der Waals surface area contributed by atoms with Gasteiger partial charge in [-0.3, -0.25) is 0 Å². The van der Waals surface area contributed by atoms with Crippen LogP contribution in [0.15, 0.2) is 47.6 Å². The van der Waals surface area contributed by atoms with Gasteiger partial charge in [0.1, 0.15) is 30.0 Å². The van der Waals surface area contributed by atoms with E-state index in [1.54, 1.807) is 12.2 Å². The van der Waals surface area contributed by atoms with E-state index in [2.05, 4.69) is 33.8 Å². The van der Waals surface area contributed by atoms with Gasteiger partial charge in [-0.2, -0.15) is 0 Å². The maximum atomic E-state index is 13.9. The summed E-state index contributed by atoms with van der Waals surface area (Å²) in [6, 6.07) is 0. The lowest BCUT2D eigenvalue weighted by atomic mass is 9.51. The lowest BCUT2D eigenvalue weighted by molar-refractivity contribution is -0.381. The van der Waals surface area contributed by atoms with Crippen LogP contribution in [0.2, 0.25) is 0 Å². The Morgan fingerprint density at radius 1 is 0.891 bits per heavy atom. The molecule has 0 aromatic heterocycles. The van der Waals surface area contributed by atoms with Crippen LogP contribution in [0.25, 0.3) is 0 Å². The highest BCUT2D eigenvalue weighted by Crippen LogP contribution is 2.72. The third-order valence-electron chi connectivity index (χ3n) is 12.9. The first-order valence-electron chi connectivity index (χ1n) is 17.3. The molecule has 5 aliphatic heterocycles. The minimum Gasteiger partial charge on any atom is -0.462 e. The van der Waals surface area contributed by atoms with E-state index in [1.165, 1.54) is 11.6 Å². The van der Waals surface area contributed by atoms with Crippen molar-refractivity contribution in [3.05, 3.63) is 47.6 Å². The minimum absolute atomic E-state index is 0.133. The van der Waals surface area contributed by atoms with E-state index in [-0.39, 0.29) is 24.9 Å². The SMILES string of the molecule is CC1=C[C@H]2O[C@@H]3C[C@H]4OC(=O)/C=C\C=C/[C@]56OCCC(=CC(=O)OCC2(CC1)[C@@]4(C)C31CO1)[C@H]5OC1(CC(C)CC(C)C1)O[C@H]6C. The zero-order valence-corrected chi connectivity index (χ0v) is 27.8. The number of esters is 2. The molecule has 5 heterocycles. The molecule has 2 saturated carbocycles. The highest BCUT2D eigenvalue weighted by atomic mass is 16.7. The van der Waals surface area contributed by atoms with Crippen molar-refractivity contribution >= 4 is 11.9 Å². The fourth-order valence-corrected chi connectivity index (χ4v) is 10.7. The lowest BCUT2D eigenvalue weighted by Gasteiger charge is -2.58. The molecule has 4 bridgehead atoms. The topological polar surface area (TPSA) is 102 Å². The maximum absolute atomic E-state index is 13.9. The average Bonchev–Trinajstić information content (AvgIpc) is 3.77. The highest BCUT2D eigenvalue weighted by Gasteiger charge is 2.83. The van der Waals surface area contributed by atoms with Crippen molar-refractivity contribution in [2.24, 2.45) is 22.7 Å². The predicted octanol–water partition coefficient (Wildman–Crippen LogP) is 5.28. The minimum atomic E-state index is -0.980. The average molecular weight is 637 g/mol. The fraction of sp³-hybridized carbons (Fsp3) is 0.730. The van der Waals surface area contributed by atoms with Crippen LogP contribution in [-0.2, 0) is 42.7 Å². The Kier molecular flexibility index (Phi) is 7.14. The molecule has 0 N–H and O–H groups in total. The first-order chi connectivity index (χ1) is 21.9. The standard InChI is InChI=1S/C37H48O9/c1-22-9-12-34-20-40-31(39)16-26-10-13-41-36(25(4)45-35(46-32(26)36)18-23(2)14-24(3)19-35)11-7-6-8-30(38)44-27-17-29(43-28(34)15-22)37(21-42-37)33(27,34)5/h6-8,11,15-16,23-25,27-29,32H,9-10,12-14,17-21H2,1-5H3/b8-6-,11-7-,26-16?/t23?,24?,25-,27+,28+,29+,32+,33-,34?,35?,36+,37?/m0/s1. The highest BCUT2D eigenvalue weighted by molar-refractivity contribution is 5.83. The first kappa shape index (κ1) is 31.0. The van der Waals surface area contributed by atoms with Crippen molar-refractivity contribution in [1.29, 1.82) is 0 Å². The number of carbonyl (C=O) groups excluding carboxylic acids is 2. The molecule has 8 rings (SSSR count). The Labute approximate surface area is 271 Å². The molecule has 8 aliphatic rings. The predicted molar refractivity (Wildman–Crippen MR) is 166 cm³/mol. The summed E-state index contributed by atoms with van der Waals surface area (Å²) >= 11 is 0. The van der Waals surface area contributed by atoms with Gasteiger partial charge in [0.15, 0.2) is 5.79 Å². The van der Waals surface area contributed by atoms with Crippen molar-refractivity contribution in [2.45, 2.75) is 127 Å². The summed E-state index contributed by atoms with van der Waals surface area (Å²) in [6.45, 7) is 11.9. The smallest absolute Gasteiger partial charge is 0.331 e. The Bertz CT molecular complexity index is 1410. The largest absolute Gasteiger partial charge is 0.462 e. The van der Waals surface area contributed by atoms with Crippen LogP contribution in [0.4, 0.5) is 0 Å². The normalized spacial score (nSPS) is 52.8. The van der Waals surface area contributed by atoms with E-state index in [4.69, 9.17) is 33.2 Å². The van der Waals surface area contributed by atoms with E-state index in [0.717, 1.165) is 37.7 Å². The number of allylic oxidation sites excluding steroid dienone is 3. The van der Waals surface area contributed by atoms with Gasteiger partial charge in [-0.05, 0) is 63.0 Å². The number of cyclic esters (lactones) is 1. The summed E-state index contributed by atoms with van der Waals surface area (Å²) in [5, 5.41) is 0. The van der Waals surface area contributed by atoms with Gasteiger partial charge in [-0.25, -0.2) is 9.59 Å². The molecule has 4 unspecified atom stereocenters. The van der Waals surface area contributed by atoms with Crippen LogP contribution in [0.5, 0.6) is 0 Å². The molecule has 6 fully saturated rings. The molecule has 3 aliphatic carbocycles. The molecule has 9 heteroatoms. The van der Waals surface area contributed by atoms with Gasteiger partial charge in [0.2, 0.25) is 0 Å². The number of hydrogen-bond acceptors (Lipinski definition) is 9. The first-order valence-corrected chi connectivity index (χ1v) is 17.3. The molecule has 46 heavy (non-hydrogen) atoms. The number of epoxide rings is 1. The van der Waals surface area contributed by atoms with Crippen LogP contribution in [0.1, 0.15) is 79.6 Å². The zero-order chi connectivity index (χ0) is 32.1. The Morgan fingerprint density at radius 2 is 1.67 bits per heavy atom. The monoisotopic (exact) mass is 636 g/mol. The molecular weight excluding hydrogens is 588 g/mol. The lowest BCUT2D eigenvalue weighted by Crippen LogP contribution is -2.67. The molecule has 0 amide bonds. The third kappa shape index (κ3) is 4.37. The van der Waals surface area contributed by atoms with Crippen molar-refractivity contribution in [3.8, 4) is 0 Å². The maximum Gasteiger partial charge on any atom is 0.331 e. The van der Waals surface area contributed by atoms with E-state index in [9.17, 15) is 9.59 Å². The number of carbonyl (C=O) groups is 2. The van der Waals surface area contributed by atoms with Crippen LogP contribution in [0, 0.1) is 22.7 Å². The number of hydrogen-bond donors (Lipinski definition) is 0. The van der Waals surface area contributed by atoms with Crippen LogP contribution in [-0.4, -0.2) is 79.3 Å². The van der Waals surface area contributed by atoms with Crippen LogP contribution in [0.3, 0.4) is 0 Å². The zero-order valence-electron chi connectivity index (χ0n) is 27.8. The van der Waals surface area contributed by atoms with Crippen molar-refractivity contribution in [3.63, 3.8) is 0 Å². The van der Waals surface area contributed by atoms with E-state index in [1.807, 2.05) is 19.1 Å². The quantitative estimate of drug-likeness (QED) is 0.200. The molecule has 3 spiro atoms. The summed E-state index contributed by atoms with van der Waals surface area (Å²) in [4.78, 5) is 27.3. The second-order valence-electron chi connectivity index (χ2n) is 15.8. The summed E-state index contributed by atoms with van der Waals surface area (Å²) in [6.07, 6.45) is 14.2. The molecule has 4 saturated heterocycles. The van der Waals surface area contributed by atoms with Gasteiger partial charge in [0, 0.05) is 36.8 Å². The molecular formula is C37H48O9. The van der Waals surface area contributed by atoms with Gasteiger partial charge in [-0.15, -0.1) is 0 Å². The number of rotatable bonds is 0. The van der Waals surface area contributed by atoms with Gasteiger partial charge in [0.05, 0.1) is 36.9 Å². The summed E-state index contributed by atoms with van der Waals surface area (Å²) in [7, 11) is 0. The second-order valence-corrected chi connectivity index (χ2v) is 15.8. The Hall–Kier alpha value is -2.30. The van der Waals surface area contributed by atoms with Gasteiger partial charge in [0.25, 0.3) is 0 Å². The summed E-state index contributed by atoms with van der Waals surface area (Å²) < 4.78 is 45.8. The van der Waals surface area contributed by atoms with E-state index < -0.39 is 52.0 Å². The molecule has 0 radical (unpaired) electrons.